The lowest BCUT2D eigenvalue weighted by molar-refractivity contribution is 0.0937. The van der Waals surface area contributed by atoms with Gasteiger partial charge in [0, 0.05) is 18.8 Å². The zero-order valence-electron chi connectivity index (χ0n) is 12.4. The molecule has 2 N–H and O–H groups in total. The van der Waals surface area contributed by atoms with E-state index in [1.165, 1.54) is 25.7 Å². The van der Waals surface area contributed by atoms with Crippen LogP contribution in [-0.2, 0) is 6.54 Å². The van der Waals surface area contributed by atoms with Crippen LogP contribution in [0.1, 0.15) is 48.9 Å². The molecule has 2 aliphatic rings. The number of nitrogens with zero attached hydrogens (tertiary/aromatic N) is 2. The van der Waals surface area contributed by atoms with Crippen molar-refractivity contribution in [2.24, 2.45) is 5.92 Å². The van der Waals surface area contributed by atoms with E-state index in [4.69, 9.17) is 0 Å². The van der Waals surface area contributed by atoms with Crippen molar-refractivity contribution in [3.05, 3.63) is 18.0 Å². The molecule has 1 amide bonds. The van der Waals surface area contributed by atoms with Gasteiger partial charge in [-0.05, 0) is 44.7 Å². The van der Waals surface area contributed by atoms with Gasteiger partial charge in [-0.3, -0.25) is 9.48 Å². The molecule has 0 spiro atoms. The molecular formula is C15H25ClN4O. The van der Waals surface area contributed by atoms with E-state index in [1.807, 2.05) is 10.9 Å². The lowest BCUT2D eigenvalue weighted by atomic mass is 9.98. The molecule has 1 aliphatic carbocycles. The summed E-state index contributed by atoms with van der Waals surface area (Å²) in [5.41, 5.74) is 0.700. The normalized spacial score (nSPS) is 20.2. The van der Waals surface area contributed by atoms with Crippen molar-refractivity contribution in [2.45, 2.75) is 51.1 Å². The SMILES string of the molecule is Cl.O=C(NC1CCCC1)c1cnn(CC2CCNCC2)c1. The number of halogens is 1. The van der Waals surface area contributed by atoms with Gasteiger partial charge in [0.15, 0.2) is 0 Å². The van der Waals surface area contributed by atoms with Gasteiger partial charge in [0.25, 0.3) is 5.91 Å². The Balaban J connectivity index is 0.00000161. The standard InChI is InChI=1S/C15H24N4O.ClH/c20-15(18-14-3-1-2-4-14)13-9-17-19(11-13)10-12-5-7-16-8-6-12;/h9,11-12,14,16H,1-8,10H2,(H,18,20);1H. The van der Waals surface area contributed by atoms with Crippen LogP contribution >= 0.6 is 12.4 Å². The van der Waals surface area contributed by atoms with Gasteiger partial charge in [-0.15, -0.1) is 12.4 Å². The summed E-state index contributed by atoms with van der Waals surface area (Å²) in [6, 6.07) is 0.371. The molecule has 21 heavy (non-hydrogen) atoms. The van der Waals surface area contributed by atoms with Gasteiger partial charge in [-0.25, -0.2) is 0 Å². The maximum atomic E-state index is 12.1. The Morgan fingerprint density at radius 2 is 2.00 bits per heavy atom. The Morgan fingerprint density at radius 1 is 1.29 bits per heavy atom. The minimum atomic E-state index is 0. The van der Waals surface area contributed by atoms with E-state index < -0.39 is 0 Å². The Morgan fingerprint density at radius 3 is 2.71 bits per heavy atom. The smallest absolute Gasteiger partial charge is 0.254 e. The molecule has 1 aromatic rings. The van der Waals surface area contributed by atoms with Gasteiger partial charge in [0.05, 0.1) is 11.8 Å². The number of piperidine rings is 1. The number of rotatable bonds is 4. The van der Waals surface area contributed by atoms with Gasteiger partial charge in [0.1, 0.15) is 0 Å². The third kappa shape index (κ3) is 4.45. The van der Waals surface area contributed by atoms with E-state index >= 15 is 0 Å². The van der Waals surface area contributed by atoms with Crippen LogP contribution < -0.4 is 10.6 Å². The summed E-state index contributed by atoms with van der Waals surface area (Å²) in [6.45, 7) is 3.13. The average Bonchev–Trinajstić information content (AvgIpc) is 3.11. The number of hydrogen-bond donors (Lipinski definition) is 2. The highest BCUT2D eigenvalue weighted by molar-refractivity contribution is 5.93. The monoisotopic (exact) mass is 312 g/mol. The topological polar surface area (TPSA) is 59.0 Å². The largest absolute Gasteiger partial charge is 0.349 e. The van der Waals surface area contributed by atoms with Crippen molar-refractivity contribution in [3.63, 3.8) is 0 Å². The maximum Gasteiger partial charge on any atom is 0.254 e. The highest BCUT2D eigenvalue weighted by Crippen LogP contribution is 2.18. The van der Waals surface area contributed by atoms with E-state index in [9.17, 15) is 4.79 Å². The van der Waals surface area contributed by atoms with Gasteiger partial charge in [0.2, 0.25) is 0 Å². The Bertz CT molecular complexity index is 450. The van der Waals surface area contributed by atoms with Crippen molar-refractivity contribution in [3.8, 4) is 0 Å². The predicted molar refractivity (Wildman–Crippen MR) is 84.8 cm³/mol. The van der Waals surface area contributed by atoms with Gasteiger partial charge >= 0.3 is 0 Å². The summed E-state index contributed by atoms with van der Waals surface area (Å²) >= 11 is 0. The van der Waals surface area contributed by atoms with E-state index in [0.717, 1.165) is 32.5 Å². The molecule has 6 heteroatoms. The van der Waals surface area contributed by atoms with Crippen molar-refractivity contribution < 1.29 is 4.79 Å². The molecule has 2 heterocycles. The fourth-order valence-electron chi connectivity index (χ4n) is 3.25. The number of carbonyl (C=O) groups excluding carboxylic acids is 1. The summed E-state index contributed by atoms with van der Waals surface area (Å²) in [6.07, 6.45) is 10.7. The van der Waals surface area contributed by atoms with E-state index in [-0.39, 0.29) is 18.3 Å². The highest BCUT2D eigenvalue weighted by Gasteiger charge is 2.19. The minimum Gasteiger partial charge on any atom is -0.349 e. The van der Waals surface area contributed by atoms with Crippen LogP contribution in [-0.4, -0.2) is 34.8 Å². The summed E-state index contributed by atoms with van der Waals surface area (Å²) < 4.78 is 1.93. The summed E-state index contributed by atoms with van der Waals surface area (Å²) in [5.74, 6) is 0.718. The molecule has 0 unspecified atom stereocenters. The van der Waals surface area contributed by atoms with Crippen LogP contribution in [0.25, 0.3) is 0 Å². The van der Waals surface area contributed by atoms with E-state index in [1.54, 1.807) is 6.20 Å². The van der Waals surface area contributed by atoms with Crippen LogP contribution in [0.3, 0.4) is 0 Å². The quantitative estimate of drug-likeness (QED) is 0.894. The van der Waals surface area contributed by atoms with Crippen LogP contribution in [0.5, 0.6) is 0 Å². The maximum absolute atomic E-state index is 12.1. The van der Waals surface area contributed by atoms with E-state index in [2.05, 4.69) is 15.7 Å². The zero-order chi connectivity index (χ0) is 13.8. The molecule has 5 nitrogen and oxygen atoms in total. The molecule has 1 saturated carbocycles. The van der Waals surface area contributed by atoms with Crippen molar-refractivity contribution in [2.75, 3.05) is 13.1 Å². The van der Waals surface area contributed by atoms with Crippen molar-refractivity contribution in [1.29, 1.82) is 0 Å². The Kier molecular flexibility index (Phi) is 6.06. The molecule has 0 aromatic carbocycles. The fraction of sp³-hybridized carbons (Fsp3) is 0.733. The first-order chi connectivity index (χ1) is 9.81. The zero-order valence-corrected chi connectivity index (χ0v) is 13.2. The molecule has 0 radical (unpaired) electrons. The lowest BCUT2D eigenvalue weighted by Crippen LogP contribution is -2.32. The molecule has 2 fully saturated rings. The number of carbonyl (C=O) groups is 1. The van der Waals surface area contributed by atoms with E-state index in [0.29, 0.717) is 17.5 Å². The number of nitrogens with one attached hydrogen (secondary N) is 2. The van der Waals surface area contributed by atoms with Gasteiger partial charge in [-0.2, -0.15) is 5.10 Å². The molecule has 3 rings (SSSR count). The summed E-state index contributed by atoms with van der Waals surface area (Å²) in [7, 11) is 0. The Hall–Kier alpha value is -1.07. The van der Waals surface area contributed by atoms with Gasteiger partial charge in [-0.1, -0.05) is 12.8 Å². The average molecular weight is 313 g/mol. The second-order valence-electron chi connectivity index (χ2n) is 6.10. The van der Waals surface area contributed by atoms with Gasteiger partial charge < -0.3 is 10.6 Å². The number of amides is 1. The number of hydrogen-bond acceptors (Lipinski definition) is 3. The Labute approximate surface area is 132 Å². The minimum absolute atomic E-state index is 0. The molecule has 1 saturated heterocycles. The summed E-state index contributed by atoms with van der Waals surface area (Å²) in [5, 5.41) is 10.8. The highest BCUT2D eigenvalue weighted by atomic mass is 35.5. The molecular weight excluding hydrogens is 288 g/mol. The van der Waals surface area contributed by atoms with Crippen molar-refractivity contribution in [1.82, 2.24) is 20.4 Å². The predicted octanol–water partition coefficient (Wildman–Crippen LogP) is 1.98. The summed E-state index contributed by atoms with van der Waals surface area (Å²) in [4.78, 5) is 12.1. The van der Waals surface area contributed by atoms with Crippen LogP contribution in [0.4, 0.5) is 0 Å². The first-order valence-electron chi connectivity index (χ1n) is 7.85. The second kappa shape index (κ2) is 7.80. The third-order valence-electron chi connectivity index (χ3n) is 4.49. The fourth-order valence-corrected chi connectivity index (χ4v) is 3.25. The molecule has 1 aliphatic heterocycles. The van der Waals surface area contributed by atoms with Crippen LogP contribution in [0.2, 0.25) is 0 Å². The first-order valence-corrected chi connectivity index (χ1v) is 7.85. The molecule has 118 valence electrons. The molecule has 0 bridgehead atoms. The second-order valence-corrected chi connectivity index (χ2v) is 6.10. The van der Waals surface area contributed by atoms with Crippen LogP contribution in [0, 0.1) is 5.92 Å². The van der Waals surface area contributed by atoms with Crippen LogP contribution in [0.15, 0.2) is 12.4 Å². The van der Waals surface area contributed by atoms with Crippen molar-refractivity contribution >= 4 is 18.3 Å². The molecule has 1 aromatic heterocycles. The number of aromatic nitrogens is 2. The first kappa shape index (κ1) is 16.3. The third-order valence-corrected chi connectivity index (χ3v) is 4.49. The molecule has 0 atom stereocenters. The lowest BCUT2D eigenvalue weighted by Gasteiger charge is -2.22.